The molecule has 5 nitrogen and oxygen atoms in total. The lowest BCUT2D eigenvalue weighted by Crippen LogP contribution is -2.42. The molecule has 1 rings (SSSR count). The maximum atomic E-state index is 5.63. The van der Waals surface area contributed by atoms with Gasteiger partial charge in [0.2, 0.25) is 0 Å². The van der Waals surface area contributed by atoms with E-state index in [0.29, 0.717) is 6.04 Å². The molecule has 1 saturated carbocycles. The monoisotopic (exact) mass is 312 g/mol. The molecule has 0 saturated heterocycles. The van der Waals surface area contributed by atoms with Crippen molar-refractivity contribution in [1.29, 1.82) is 0 Å². The average Bonchev–Trinajstić information content (AvgIpc) is 3.33. The molecule has 130 valence electrons. The Morgan fingerprint density at radius 1 is 1.32 bits per heavy atom. The predicted molar refractivity (Wildman–Crippen MR) is 94.5 cm³/mol. The maximum Gasteiger partial charge on any atom is 0.191 e. The van der Waals surface area contributed by atoms with Crippen LogP contribution in [0.5, 0.6) is 0 Å². The highest BCUT2D eigenvalue weighted by Crippen LogP contribution is 2.28. The van der Waals surface area contributed by atoms with Crippen molar-refractivity contribution in [3.05, 3.63) is 0 Å². The molecule has 0 radical (unpaired) electrons. The zero-order valence-electron chi connectivity index (χ0n) is 15.0. The van der Waals surface area contributed by atoms with Crippen LogP contribution in [0.1, 0.15) is 46.5 Å². The number of ether oxygens (including phenoxy) is 1. The van der Waals surface area contributed by atoms with Crippen molar-refractivity contribution in [3.63, 3.8) is 0 Å². The molecule has 0 aromatic rings. The number of likely N-dealkylation sites (N-methyl/N-ethyl adjacent to an activating group) is 1. The zero-order valence-corrected chi connectivity index (χ0v) is 15.0. The minimum atomic E-state index is 0.630. The molecule has 0 spiro atoms. The summed E-state index contributed by atoms with van der Waals surface area (Å²) < 4.78 is 5.63. The lowest BCUT2D eigenvalue weighted by molar-refractivity contribution is 0.123. The number of rotatable bonds is 12. The lowest BCUT2D eigenvalue weighted by Gasteiger charge is -2.24. The second-order valence-electron chi connectivity index (χ2n) is 6.30. The van der Waals surface area contributed by atoms with Crippen LogP contribution in [0.3, 0.4) is 0 Å². The van der Waals surface area contributed by atoms with E-state index in [1.165, 1.54) is 19.3 Å². The first-order valence-corrected chi connectivity index (χ1v) is 8.97. The van der Waals surface area contributed by atoms with E-state index in [9.17, 15) is 0 Å². The number of nitrogens with zero attached hydrogens (tertiary/aromatic N) is 2. The molecule has 2 N–H and O–H groups in total. The molecule has 22 heavy (non-hydrogen) atoms. The van der Waals surface area contributed by atoms with Crippen LogP contribution in [-0.4, -0.2) is 63.3 Å². The van der Waals surface area contributed by atoms with Crippen molar-refractivity contribution in [2.75, 3.05) is 46.4 Å². The van der Waals surface area contributed by atoms with Crippen molar-refractivity contribution in [3.8, 4) is 0 Å². The summed E-state index contributed by atoms with van der Waals surface area (Å²) in [7, 11) is 2.18. The van der Waals surface area contributed by atoms with Crippen LogP contribution in [0.2, 0.25) is 0 Å². The van der Waals surface area contributed by atoms with Gasteiger partial charge in [-0.25, -0.2) is 0 Å². The molecule has 0 aromatic carbocycles. The maximum absolute atomic E-state index is 5.63. The van der Waals surface area contributed by atoms with Crippen LogP contribution >= 0.6 is 0 Å². The van der Waals surface area contributed by atoms with Crippen molar-refractivity contribution < 1.29 is 4.74 Å². The quantitative estimate of drug-likeness (QED) is 0.329. The van der Waals surface area contributed by atoms with E-state index < -0.39 is 0 Å². The van der Waals surface area contributed by atoms with Crippen LogP contribution < -0.4 is 10.6 Å². The fourth-order valence-corrected chi connectivity index (χ4v) is 2.12. The van der Waals surface area contributed by atoms with Crippen LogP contribution in [0.4, 0.5) is 0 Å². The van der Waals surface area contributed by atoms with Gasteiger partial charge >= 0.3 is 0 Å². The molecule has 0 bridgehead atoms. The van der Waals surface area contributed by atoms with Crippen LogP contribution in [-0.2, 0) is 4.74 Å². The van der Waals surface area contributed by atoms with Gasteiger partial charge in [-0.3, -0.25) is 4.99 Å². The van der Waals surface area contributed by atoms with Gasteiger partial charge in [0.25, 0.3) is 0 Å². The minimum Gasteiger partial charge on any atom is -0.381 e. The molecule has 5 heteroatoms. The third kappa shape index (κ3) is 9.26. The fraction of sp³-hybridized carbons (Fsp3) is 0.941. The molecule has 1 aliphatic carbocycles. The average molecular weight is 313 g/mol. The third-order valence-electron chi connectivity index (χ3n) is 4.21. The van der Waals surface area contributed by atoms with Gasteiger partial charge < -0.3 is 20.3 Å². The predicted octanol–water partition coefficient (Wildman–Crippen LogP) is 2.09. The topological polar surface area (TPSA) is 48.9 Å². The van der Waals surface area contributed by atoms with E-state index in [1.54, 1.807) is 0 Å². The van der Waals surface area contributed by atoms with E-state index >= 15 is 0 Å². The number of guanidine groups is 1. The molecule has 1 unspecified atom stereocenters. The Labute approximate surface area is 136 Å². The summed E-state index contributed by atoms with van der Waals surface area (Å²) in [5.74, 6) is 1.77. The molecule has 1 fully saturated rings. The van der Waals surface area contributed by atoms with Gasteiger partial charge in [0.05, 0.1) is 0 Å². The summed E-state index contributed by atoms with van der Waals surface area (Å²) in [6.07, 6.45) is 4.90. The number of nitrogens with one attached hydrogen (secondary N) is 2. The van der Waals surface area contributed by atoms with Crippen LogP contribution in [0, 0.1) is 5.92 Å². The Morgan fingerprint density at radius 3 is 2.73 bits per heavy atom. The Balaban J connectivity index is 2.11. The van der Waals surface area contributed by atoms with Gasteiger partial charge in [0, 0.05) is 45.4 Å². The Hall–Kier alpha value is -0.810. The van der Waals surface area contributed by atoms with Gasteiger partial charge in [0.15, 0.2) is 5.96 Å². The molecule has 1 aliphatic rings. The zero-order chi connectivity index (χ0) is 16.2. The van der Waals surface area contributed by atoms with E-state index in [4.69, 9.17) is 4.74 Å². The van der Waals surface area contributed by atoms with E-state index in [-0.39, 0.29) is 0 Å². The number of hydrogen-bond donors (Lipinski definition) is 2. The second kappa shape index (κ2) is 11.7. The van der Waals surface area contributed by atoms with E-state index in [0.717, 1.165) is 57.7 Å². The second-order valence-corrected chi connectivity index (χ2v) is 6.30. The van der Waals surface area contributed by atoms with Crippen LogP contribution in [0.15, 0.2) is 4.99 Å². The lowest BCUT2D eigenvalue weighted by atomic mass is 10.2. The highest BCUT2D eigenvalue weighted by atomic mass is 16.5. The van der Waals surface area contributed by atoms with Gasteiger partial charge in [-0.2, -0.15) is 0 Å². The van der Waals surface area contributed by atoms with Gasteiger partial charge in [0.1, 0.15) is 0 Å². The molecule has 0 aliphatic heterocycles. The van der Waals surface area contributed by atoms with Gasteiger partial charge in [-0.15, -0.1) is 0 Å². The van der Waals surface area contributed by atoms with Crippen molar-refractivity contribution >= 4 is 5.96 Å². The van der Waals surface area contributed by atoms with Crippen molar-refractivity contribution in [2.24, 2.45) is 10.9 Å². The standard InChI is InChI=1S/C17H36N4O/c1-5-15(3)21(4)12-11-20-17(18-6-2)19-10-7-13-22-14-16-8-9-16/h15-16H,5-14H2,1-4H3,(H2,18,19,20). The number of hydrogen-bond acceptors (Lipinski definition) is 3. The first-order chi connectivity index (χ1) is 10.7. The van der Waals surface area contributed by atoms with Crippen LogP contribution in [0.25, 0.3) is 0 Å². The Kier molecular flexibility index (Phi) is 10.2. The summed E-state index contributed by atoms with van der Waals surface area (Å²) in [5, 5.41) is 6.70. The summed E-state index contributed by atoms with van der Waals surface area (Å²) in [6, 6.07) is 0.630. The number of aliphatic imine (C=N–C) groups is 1. The molecule has 0 amide bonds. The largest absolute Gasteiger partial charge is 0.381 e. The summed E-state index contributed by atoms with van der Waals surface area (Å²) in [4.78, 5) is 6.98. The third-order valence-corrected chi connectivity index (χ3v) is 4.21. The smallest absolute Gasteiger partial charge is 0.191 e. The SMILES string of the molecule is CCNC(=NCCCOCC1CC1)NCCN(C)C(C)CC. The first-order valence-electron chi connectivity index (χ1n) is 8.97. The van der Waals surface area contributed by atoms with E-state index in [1.807, 2.05) is 0 Å². The molecular formula is C17H36N4O. The van der Waals surface area contributed by atoms with Crippen molar-refractivity contribution in [1.82, 2.24) is 15.5 Å². The minimum absolute atomic E-state index is 0.630. The Bertz CT molecular complexity index is 305. The molecule has 0 aromatic heterocycles. The normalized spacial score (nSPS) is 16.9. The molecule has 1 atom stereocenters. The summed E-state index contributed by atoms with van der Waals surface area (Å²) >= 11 is 0. The summed E-state index contributed by atoms with van der Waals surface area (Å²) in [5.41, 5.74) is 0. The van der Waals surface area contributed by atoms with Gasteiger partial charge in [-0.1, -0.05) is 6.92 Å². The highest BCUT2D eigenvalue weighted by molar-refractivity contribution is 5.79. The van der Waals surface area contributed by atoms with Crippen molar-refractivity contribution in [2.45, 2.75) is 52.5 Å². The molecule has 0 heterocycles. The fourth-order valence-electron chi connectivity index (χ4n) is 2.12. The van der Waals surface area contributed by atoms with Gasteiger partial charge in [-0.05, 0) is 52.5 Å². The van der Waals surface area contributed by atoms with E-state index in [2.05, 4.69) is 48.3 Å². The first kappa shape index (κ1) is 19.2. The highest BCUT2D eigenvalue weighted by Gasteiger charge is 2.20. The summed E-state index contributed by atoms with van der Waals surface area (Å²) in [6.45, 7) is 12.0. The molecular weight excluding hydrogens is 276 g/mol. The Morgan fingerprint density at radius 2 is 2.09 bits per heavy atom.